The first-order chi connectivity index (χ1) is 12.5. The Morgan fingerprint density at radius 1 is 1.44 bits per heavy atom. The molecule has 0 amide bonds. The molecule has 0 saturated carbocycles. The molecule has 1 aromatic rings. The summed E-state index contributed by atoms with van der Waals surface area (Å²) in [6, 6.07) is 0.813. The summed E-state index contributed by atoms with van der Waals surface area (Å²) in [6.07, 6.45) is 9.79. The maximum Gasteiger partial charge on any atom is 0.191 e. The molecule has 3 rings (SSSR count). The second-order valence-corrected chi connectivity index (χ2v) is 8.96. The number of nitrogens with zero attached hydrogens (tertiary/aromatic N) is 3. The van der Waals surface area contributed by atoms with Crippen LogP contribution in [0, 0.1) is 0 Å². The van der Waals surface area contributed by atoms with Gasteiger partial charge in [-0.25, -0.2) is 0 Å². The Labute approximate surface area is 184 Å². The van der Waals surface area contributed by atoms with Gasteiger partial charge in [-0.05, 0) is 51.3 Å². The standard InChI is InChI=1S/C19H33N5OS.HI/c1-14(2)24-12-15-5-6-16(11-17(15)23-24)22-18(20-3)21-13-19(26-4)7-9-25-10-8-19;/h12,14,16H,5-11,13H2,1-4H3,(H2,20,21,22);1H. The van der Waals surface area contributed by atoms with Crippen molar-refractivity contribution in [3.8, 4) is 0 Å². The summed E-state index contributed by atoms with van der Waals surface area (Å²) in [6.45, 7) is 7.00. The number of halogens is 1. The van der Waals surface area contributed by atoms with Crippen molar-refractivity contribution in [1.29, 1.82) is 0 Å². The van der Waals surface area contributed by atoms with E-state index in [1.807, 2.05) is 18.8 Å². The van der Waals surface area contributed by atoms with Gasteiger partial charge >= 0.3 is 0 Å². The van der Waals surface area contributed by atoms with E-state index in [-0.39, 0.29) is 28.7 Å². The van der Waals surface area contributed by atoms with Crippen LogP contribution in [0.4, 0.5) is 0 Å². The highest BCUT2D eigenvalue weighted by Crippen LogP contribution is 2.33. The second-order valence-electron chi connectivity index (χ2n) is 7.68. The molecule has 0 bridgehead atoms. The van der Waals surface area contributed by atoms with Gasteiger partial charge in [0.15, 0.2) is 5.96 Å². The number of hydrogen-bond acceptors (Lipinski definition) is 4. The average Bonchev–Trinajstić information content (AvgIpc) is 3.09. The number of aryl methyl sites for hydroxylation is 1. The second kappa shape index (κ2) is 10.3. The SMILES string of the molecule is CN=C(NCC1(SC)CCOCC1)NC1CCc2cn(C(C)C)nc2C1.I. The van der Waals surface area contributed by atoms with Gasteiger partial charge in [0.25, 0.3) is 0 Å². The number of thioether (sulfide) groups is 1. The molecule has 27 heavy (non-hydrogen) atoms. The van der Waals surface area contributed by atoms with Crippen LogP contribution in [-0.4, -0.2) is 59.6 Å². The molecule has 1 atom stereocenters. The zero-order chi connectivity index (χ0) is 18.6. The first-order valence-corrected chi connectivity index (χ1v) is 10.9. The van der Waals surface area contributed by atoms with E-state index < -0.39 is 0 Å². The van der Waals surface area contributed by atoms with Gasteiger partial charge in [-0.3, -0.25) is 9.67 Å². The van der Waals surface area contributed by atoms with Crippen molar-refractivity contribution in [3.63, 3.8) is 0 Å². The maximum absolute atomic E-state index is 5.54. The Hall–Kier alpha value is -0.480. The van der Waals surface area contributed by atoms with Gasteiger partial charge in [0, 0.05) is 56.3 Å². The van der Waals surface area contributed by atoms with Crippen LogP contribution in [0.5, 0.6) is 0 Å². The van der Waals surface area contributed by atoms with Crippen molar-refractivity contribution in [2.75, 3.05) is 33.1 Å². The van der Waals surface area contributed by atoms with Crippen molar-refractivity contribution in [1.82, 2.24) is 20.4 Å². The Kier molecular flexibility index (Phi) is 8.73. The van der Waals surface area contributed by atoms with Crippen LogP contribution >= 0.6 is 35.7 Å². The molecule has 0 aromatic carbocycles. The van der Waals surface area contributed by atoms with E-state index in [0.29, 0.717) is 12.1 Å². The molecule has 6 nitrogen and oxygen atoms in total. The van der Waals surface area contributed by atoms with Gasteiger partial charge in [-0.2, -0.15) is 16.9 Å². The van der Waals surface area contributed by atoms with Crippen LogP contribution in [0.1, 0.15) is 50.4 Å². The Morgan fingerprint density at radius 3 is 2.81 bits per heavy atom. The fourth-order valence-corrected chi connectivity index (χ4v) is 4.52. The lowest BCUT2D eigenvalue weighted by Gasteiger charge is -2.36. The summed E-state index contributed by atoms with van der Waals surface area (Å²) < 4.78 is 7.88. The summed E-state index contributed by atoms with van der Waals surface area (Å²) in [5.74, 6) is 0.904. The molecule has 2 heterocycles. The van der Waals surface area contributed by atoms with E-state index in [1.54, 1.807) is 0 Å². The van der Waals surface area contributed by atoms with Gasteiger partial charge in [-0.1, -0.05) is 0 Å². The summed E-state index contributed by atoms with van der Waals surface area (Å²) in [4.78, 5) is 4.45. The Bertz CT molecular complexity index is 628. The lowest BCUT2D eigenvalue weighted by atomic mass is 9.94. The van der Waals surface area contributed by atoms with E-state index in [2.05, 4.69) is 46.6 Å². The maximum atomic E-state index is 5.54. The van der Waals surface area contributed by atoms with Gasteiger partial charge < -0.3 is 15.4 Å². The van der Waals surface area contributed by atoms with Gasteiger partial charge in [0.2, 0.25) is 0 Å². The third-order valence-electron chi connectivity index (χ3n) is 5.61. The molecule has 154 valence electrons. The summed E-state index contributed by atoms with van der Waals surface area (Å²) >= 11 is 1.95. The highest BCUT2D eigenvalue weighted by atomic mass is 127. The smallest absolute Gasteiger partial charge is 0.191 e. The molecule has 0 radical (unpaired) electrons. The average molecular weight is 507 g/mol. The number of aromatic nitrogens is 2. The topological polar surface area (TPSA) is 63.5 Å². The van der Waals surface area contributed by atoms with E-state index in [1.165, 1.54) is 11.3 Å². The molecule has 1 unspecified atom stereocenters. The van der Waals surface area contributed by atoms with Gasteiger partial charge in [-0.15, -0.1) is 24.0 Å². The van der Waals surface area contributed by atoms with Crippen LogP contribution in [0.2, 0.25) is 0 Å². The van der Waals surface area contributed by atoms with Crippen LogP contribution in [-0.2, 0) is 17.6 Å². The molecule has 0 spiro atoms. The minimum absolute atomic E-state index is 0. The number of rotatable bonds is 5. The molecular weight excluding hydrogens is 473 g/mol. The fourth-order valence-electron chi connectivity index (χ4n) is 3.73. The van der Waals surface area contributed by atoms with Crippen molar-refractivity contribution in [2.45, 2.75) is 62.8 Å². The third kappa shape index (κ3) is 5.76. The predicted octanol–water partition coefficient (Wildman–Crippen LogP) is 3.02. The zero-order valence-corrected chi connectivity index (χ0v) is 20.1. The van der Waals surface area contributed by atoms with E-state index in [4.69, 9.17) is 9.84 Å². The minimum Gasteiger partial charge on any atom is -0.381 e. The largest absolute Gasteiger partial charge is 0.381 e. The molecular formula is C19H34IN5OS. The van der Waals surface area contributed by atoms with Crippen molar-refractivity contribution >= 4 is 41.7 Å². The Balaban J connectivity index is 0.00000261. The predicted molar refractivity (Wildman–Crippen MR) is 125 cm³/mol. The van der Waals surface area contributed by atoms with Crippen molar-refractivity contribution in [3.05, 3.63) is 17.5 Å². The lowest BCUT2D eigenvalue weighted by molar-refractivity contribution is 0.0782. The van der Waals surface area contributed by atoms with Crippen LogP contribution in [0.25, 0.3) is 0 Å². The Morgan fingerprint density at radius 2 is 2.19 bits per heavy atom. The van der Waals surface area contributed by atoms with Crippen LogP contribution < -0.4 is 10.6 Å². The minimum atomic E-state index is 0. The first-order valence-electron chi connectivity index (χ1n) is 9.72. The number of nitrogens with one attached hydrogen (secondary N) is 2. The van der Waals surface area contributed by atoms with Crippen molar-refractivity contribution in [2.24, 2.45) is 4.99 Å². The summed E-state index contributed by atoms with van der Waals surface area (Å²) in [5.41, 5.74) is 2.64. The fraction of sp³-hybridized carbons (Fsp3) is 0.789. The molecule has 1 saturated heterocycles. The van der Waals surface area contributed by atoms with Gasteiger partial charge in [0.1, 0.15) is 0 Å². The summed E-state index contributed by atoms with van der Waals surface area (Å²) in [5, 5.41) is 12.0. The van der Waals surface area contributed by atoms with Crippen LogP contribution in [0.3, 0.4) is 0 Å². The van der Waals surface area contributed by atoms with E-state index in [9.17, 15) is 0 Å². The third-order valence-corrected chi connectivity index (χ3v) is 7.02. The number of aliphatic imine (C=N–C) groups is 1. The molecule has 2 N–H and O–H groups in total. The number of guanidine groups is 1. The molecule has 1 fully saturated rings. The van der Waals surface area contributed by atoms with E-state index >= 15 is 0 Å². The van der Waals surface area contributed by atoms with Crippen LogP contribution in [0.15, 0.2) is 11.2 Å². The quantitative estimate of drug-likeness (QED) is 0.365. The van der Waals surface area contributed by atoms with Crippen molar-refractivity contribution < 1.29 is 4.74 Å². The first kappa shape index (κ1) is 22.8. The number of ether oxygens (including phenoxy) is 1. The summed E-state index contributed by atoms with van der Waals surface area (Å²) in [7, 11) is 1.85. The van der Waals surface area contributed by atoms with Gasteiger partial charge in [0.05, 0.1) is 5.69 Å². The lowest BCUT2D eigenvalue weighted by Crippen LogP contribution is -2.51. The molecule has 1 aliphatic heterocycles. The number of fused-ring (bicyclic) bond motifs is 1. The molecule has 2 aliphatic rings. The molecule has 8 heteroatoms. The highest BCUT2D eigenvalue weighted by Gasteiger charge is 2.32. The normalized spacial score (nSPS) is 22.1. The molecule has 1 aromatic heterocycles. The monoisotopic (exact) mass is 507 g/mol. The number of hydrogen-bond donors (Lipinski definition) is 2. The highest BCUT2D eigenvalue weighted by molar-refractivity contribution is 14.0. The zero-order valence-electron chi connectivity index (χ0n) is 17.0. The molecule has 1 aliphatic carbocycles. The van der Waals surface area contributed by atoms with E-state index in [0.717, 1.165) is 57.8 Å².